The Balaban J connectivity index is 2.65. The van der Waals surface area contributed by atoms with E-state index in [9.17, 15) is 4.79 Å². The maximum atomic E-state index is 11.0. The van der Waals surface area contributed by atoms with Crippen molar-refractivity contribution < 1.29 is 4.79 Å². The summed E-state index contributed by atoms with van der Waals surface area (Å²) in [7, 11) is 0. The van der Waals surface area contributed by atoms with Crippen LogP contribution in [-0.2, 0) is 4.79 Å². The van der Waals surface area contributed by atoms with Crippen LogP contribution in [0, 0.1) is 0 Å². The van der Waals surface area contributed by atoms with Crippen molar-refractivity contribution in [1.82, 2.24) is 4.90 Å². The van der Waals surface area contributed by atoms with E-state index in [0.717, 1.165) is 19.4 Å². The molecule has 0 aromatic carbocycles. The quantitative estimate of drug-likeness (QED) is 0.596. The smallest absolute Gasteiger partial charge is 0.220 e. The van der Waals surface area contributed by atoms with Gasteiger partial charge in [0, 0.05) is 19.2 Å². The minimum Gasteiger partial charge on any atom is -0.401 e. The van der Waals surface area contributed by atoms with E-state index in [1.54, 1.807) is 11.8 Å². The lowest BCUT2D eigenvalue weighted by Gasteiger charge is -2.22. The van der Waals surface area contributed by atoms with Crippen LogP contribution in [0.25, 0.3) is 0 Å². The lowest BCUT2D eigenvalue weighted by molar-refractivity contribution is -0.129. The van der Waals surface area contributed by atoms with Gasteiger partial charge in [0.25, 0.3) is 0 Å². The topological polar surface area (TPSA) is 46.3 Å². The molecule has 2 N–H and O–H groups in total. The molecule has 0 unspecified atom stereocenters. The molecule has 1 rings (SSSR count). The predicted octanol–water partition coefficient (Wildman–Crippen LogP) is 0.470. The third-order valence-corrected chi connectivity index (χ3v) is 2.09. The molecule has 0 spiro atoms. The second kappa shape index (κ2) is 2.95. The SMILES string of the molecule is C=C(N)[C@@H]1CCCN1C(C)=O. The normalized spacial score (nSPS) is 23.7. The van der Waals surface area contributed by atoms with Gasteiger partial charge in [-0.1, -0.05) is 6.58 Å². The van der Waals surface area contributed by atoms with Crippen LogP contribution in [0.4, 0.5) is 0 Å². The second-order valence-electron chi connectivity index (χ2n) is 2.95. The summed E-state index contributed by atoms with van der Waals surface area (Å²) in [5.74, 6) is 0.0964. The fraction of sp³-hybridized carbons (Fsp3) is 0.625. The minimum atomic E-state index is 0.0903. The van der Waals surface area contributed by atoms with E-state index in [1.165, 1.54) is 0 Å². The molecule has 1 aliphatic rings. The van der Waals surface area contributed by atoms with Crippen LogP contribution in [0.3, 0.4) is 0 Å². The highest BCUT2D eigenvalue weighted by atomic mass is 16.2. The molecule has 3 nitrogen and oxygen atoms in total. The summed E-state index contributed by atoms with van der Waals surface area (Å²) in [5.41, 5.74) is 6.15. The van der Waals surface area contributed by atoms with Crippen molar-refractivity contribution in [2.75, 3.05) is 6.54 Å². The van der Waals surface area contributed by atoms with Crippen LogP contribution in [-0.4, -0.2) is 23.4 Å². The Morgan fingerprint density at radius 3 is 2.73 bits per heavy atom. The Hall–Kier alpha value is -0.990. The Labute approximate surface area is 66.9 Å². The number of carbonyl (C=O) groups excluding carboxylic acids is 1. The van der Waals surface area contributed by atoms with Gasteiger partial charge in [0.05, 0.1) is 6.04 Å². The van der Waals surface area contributed by atoms with Crippen LogP contribution in [0.2, 0.25) is 0 Å². The standard InChI is InChI=1S/C8H14N2O/c1-6(9)8-4-3-5-10(8)7(2)11/h8H,1,3-5,9H2,2H3/t8-/m0/s1. The molecule has 0 radical (unpaired) electrons. The maximum absolute atomic E-state index is 11.0. The number of hydrogen-bond donors (Lipinski definition) is 1. The predicted molar refractivity (Wildman–Crippen MR) is 43.7 cm³/mol. The van der Waals surface area contributed by atoms with Crippen molar-refractivity contribution in [2.24, 2.45) is 5.73 Å². The number of rotatable bonds is 1. The molecule has 0 bridgehead atoms. The average molecular weight is 154 g/mol. The van der Waals surface area contributed by atoms with E-state index in [1.807, 2.05) is 0 Å². The van der Waals surface area contributed by atoms with E-state index in [4.69, 9.17) is 5.73 Å². The number of carbonyl (C=O) groups is 1. The van der Waals surface area contributed by atoms with Crippen molar-refractivity contribution in [2.45, 2.75) is 25.8 Å². The van der Waals surface area contributed by atoms with Gasteiger partial charge in [0.1, 0.15) is 0 Å². The summed E-state index contributed by atoms with van der Waals surface area (Å²) in [4.78, 5) is 12.8. The molecular weight excluding hydrogens is 140 g/mol. The van der Waals surface area contributed by atoms with E-state index in [-0.39, 0.29) is 11.9 Å². The first-order chi connectivity index (χ1) is 5.13. The molecular formula is C8H14N2O. The molecule has 1 atom stereocenters. The molecule has 1 saturated heterocycles. The summed E-state index contributed by atoms with van der Waals surface area (Å²) >= 11 is 0. The molecule has 1 fully saturated rings. The fourth-order valence-electron chi connectivity index (χ4n) is 1.53. The highest BCUT2D eigenvalue weighted by Gasteiger charge is 2.26. The van der Waals surface area contributed by atoms with Crippen LogP contribution in [0.15, 0.2) is 12.3 Å². The van der Waals surface area contributed by atoms with E-state index < -0.39 is 0 Å². The van der Waals surface area contributed by atoms with Gasteiger partial charge in [-0.3, -0.25) is 4.79 Å². The summed E-state index contributed by atoms with van der Waals surface area (Å²) in [6.07, 6.45) is 2.01. The van der Waals surface area contributed by atoms with Crippen LogP contribution < -0.4 is 5.73 Å². The van der Waals surface area contributed by atoms with Gasteiger partial charge in [-0.05, 0) is 12.8 Å². The summed E-state index contributed by atoms with van der Waals surface area (Å²) in [6.45, 7) is 6.05. The number of amides is 1. The van der Waals surface area contributed by atoms with E-state index >= 15 is 0 Å². The van der Waals surface area contributed by atoms with Crippen LogP contribution >= 0.6 is 0 Å². The van der Waals surface area contributed by atoms with E-state index in [2.05, 4.69) is 6.58 Å². The molecule has 11 heavy (non-hydrogen) atoms. The van der Waals surface area contributed by atoms with Crippen molar-refractivity contribution in [3.63, 3.8) is 0 Å². The average Bonchev–Trinajstić information content (AvgIpc) is 2.32. The zero-order valence-electron chi connectivity index (χ0n) is 6.84. The van der Waals surface area contributed by atoms with Gasteiger partial charge >= 0.3 is 0 Å². The van der Waals surface area contributed by atoms with Crippen molar-refractivity contribution >= 4 is 5.91 Å². The summed E-state index contributed by atoms with van der Waals surface area (Å²) < 4.78 is 0. The van der Waals surface area contributed by atoms with Gasteiger partial charge in [-0.15, -0.1) is 0 Å². The molecule has 0 saturated carbocycles. The molecule has 0 aromatic rings. The molecule has 1 amide bonds. The number of hydrogen-bond acceptors (Lipinski definition) is 2. The monoisotopic (exact) mass is 154 g/mol. The Bertz CT molecular complexity index is 169. The molecule has 1 heterocycles. The van der Waals surface area contributed by atoms with Gasteiger partial charge in [-0.2, -0.15) is 0 Å². The third-order valence-electron chi connectivity index (χ3n) is 2.09. The van der Waals surface area contributed by atoms with Crippen molar-refractivity contribution in [3.05, 3.63) is 12.3 Å². The molecule has 0 aliphatic carbocycles. The minimum absolute atomic E-state index is 0.0903. The fourth-order valence-corrected chi connectivity index (χ4v) is 1.53. The highest BCUT2D eigenvalue weighted by Crippen LogP contribution is 2.19. The zero-order chi connectivity index (χ0) is 8.43. The van der Waals surface area contributed by atoms with Crippen LogP contribution in [0.1, 0.15) is 19.8 Å². The number of likely N-dealkylation sites (tertiary alicyclic amines) is 1. The summed E-state index contributed by atoms with van der Waals surface area (Å²) in [5, 5.41) is 0. The van der Waals surface area contributed by atoms with Gasteiger partial charge < -0.3 is 10.6 Å². The largest absolute Gasteiger partial charge is 0.401 e. The third kappa shape index (κ3) is 1.53. The van der Waals surface area contributed by atoms with Gasteiger partial charge in [-0.25, -0.2) is 0 Å². The zero-order valence-corrected chi connectivity index (χ0v) is 6.84. The van der Waals surface area contributed by atoms with Crippen molar-refractivity contribution in [3.8, 4) is 0 Å². The Kier molecular flexibility index (Phi) is 2.17. The molecule has 62 valence electrons. The lowest BCUT2D eigenvalue weighted by Crippen LogP contribution is -2.36. The maximum Gasteiger partial charge on any atom is 0.220 e. The Morgan fingerprint density at radius 2 is 2.36 bits per heavy atom. The second-order valence-corrected chi connectivity index (χ2v) is 2.95. The molecule has 3 heteroatoms. The summed E-state index contributed by atoms with van der Waals surface area (Å²) in [6, 6.07) is 0.0903. The first-order valence-electron chi connectivity index (χ1n) is 3.84. The first-order valence-corrected chi connectivity index (χ1v) is 3.84. The Morgan fingerprint density at radius 1 is 1.73 bits per heavy atom. The number of nitrogens with two attached hydrogens (primary N) is 1. The van der Waals surface area contributed by atoms with Crippen LogP contribution in [0.5, 0.6) is 0 Å². The highest BCUT2D eigenvalue weighted by molar-refractivity contribution is 5.74. The van der Waals surface area contributed by atoms with Crippen molar-refractivity contribution in [1.29, 1.82) is 0 Å². The molecule has 1 aliphatic heterocycles. The van der Waals surface area contributed by atoms with Gasteiger partial charge in [0.2, 0.25) is 5.91 Å². The lowest BCUT2D eigenvalue weighted by atomic mass is 10.2. The van der Waals surface area contributed by atoms with Gasteiger partial charge in [0.15, 0.2) is 0 Å². The number of nitrogens with zero attached hydrogens (tertiary/aromatic N) is 1. The van der Waals surface area contributed by atoms with E-state index in [0.29, 0.717) is 5.70 Å². The molecule has 0 aromatic heterocycles. The first kappa shape index (κ1) is 8.11.